The maximum Gasteiger partial charge on any atom is 0.274 e. The molecule has 0 aliphatic rings. The van der Waals surface area contributed by atoms with Crippen molar-refractivity contribution in [3.63, 3.8) is 0 Å². The van der Waals surface area contributed by atoms with Gasteiger partial charge >= 0.3 is 0 Å². The van der Waals surface area contributed by atoms with Crippen LogP contribution >= 0.6 is 31.9 Å². The highest BCUT2D eigenvalue weighted by molar-refractivity contribution is 9.11. The van der Waals surface area contributed by atoms with E-state index in [1.54, 1.807) is 25.4 Å². The van der Waals surface area contributed by atoms with E-state index in [0.29, 0.717) is 11.4 Å². The van der Waals surface area contributed by atoms with Crippen LogP contribution in [0.5, 0.6) is 0 Å². The van der Waals surface area contributed by atoms with Crippen LogP contribution in [0.2, 0.25) is 0 Å². The maximum atomic E-state index is 12.0. The first-order valence-corrected chi connectivity index (χ1v) is 7.09. The molecule has 0 unspecified atom stereocenters. The van der Waals surface area contributed by atoms with E-state index in [9.17, 15) is 4.79 Å². The molecule has 0 aliphatic carbocycles. The molecule has 0 fully saturated rings. The molecule has 0 bridgehead atoms. The molecule has 0 saturated heterocycles. The Morgan fingerprint density at radius 1 is 1.21 bits per heavy atom. The van der Waals surface area contributed by atoms with E-state index in [1.807, 2.05) is 18.2 Å². The van der Waals surface area contributed by atoms with Gasteiger partial charge in [-0.05, 0) is 46.3 Å². The summed E-state index contributed by atoms with van der Waals surface area (Å²) in [6, 6.07) is 9.02. The number of nitrogens with one attached hydrogen (secondary N) is 2. The van der Waals surface area contributed by atoms with E-state index < -0.39 is 0 Å². The summed E-state index contributed by atoms with van der Waals surface area (Å²) in [7, 11) is 1.80. The van der Waals surface area contributed by atoms with Crippen molar-refractivity contribution < 1.29 is 4.79 Å². The van der Waals surface area contributed by atoms with Crippen molar-refractivity contribution in [2.24, 2.45) is 0 Å². The van der Waals surface area contributed by atoms with Gasteiger partial charge in [-0.15, -0.1) is 0 Å². The Bertz CT molecular complexity index is 599. The molecule has 1 heterocycles. The summed E-state index contributed by atoms with van der Waals surface area (Å²) in [4.78, 5) is 16.1. The molecule has 2 rings (SSSR count). The van der Waals surface area contributed by atoms with E-state index in [0.717, 1.165) is 14.6 Å². The highest BCUT2D eigenvalue weighted by Gasteiger charge is 2.09. The Labute approximate surface area is 127 Å². The second-order valence-electron chi connectivity index (χ2n) is 3.76. The second-order valence-corrected chi connectivity index (χ2v) is 5.53. The Kier molecular flexibility index (Phi) is 4.55. The summed E-state index contributed by atoms with van der Waals surface area (Å²) in [5, 5.41) is 5.75. The van der Waals surface area contributed by atoms with Gasteiger partial charge in [0.25, 0.3) is 5.91 Å². The van der Waals surface area contributed by atoms with Gasteiger partial charge in [-0.2, -0.15) is 0 Å². The average molecular weight is 385 g/mol. The van der Waals surface area contributed by atoms with Crippen molar-refractivity contribution in [1.82, 2.24) is 4.98 Å². The van der Waals surface area contributed by atoms with Crippen molar-refractivity contribution in [2.45, 2.75) is 0 Å². The number of anilines is 2. The Morgan fingerprint density at radius 2 is 2.00 bits per heavy atom. The zero-order valence-electron chi connectivity index (χ0n) is 10.1. The van der Waals surface area contributed by atoms with E-state index in [1.165, 1.54) is 0 Å². The summed E-state index contributed by atoms with van der Waals surface area (Å²) in [6.07, 6.45) is 1.62. The number of halogens is 2. The first-order chi connectivity index (χ1) is 9.10. The van der Waals surface area contributed by atoms with Gasteiger partial charge in [0.05, 0.1) is 17.6 Å². The lowest BCUT2D eigenvalue weighted by atomic mass is 10.3. The van der Waals surface area contributed by atoms with Gasteiger partial charge in [0.15, 0.2) is 0 Å². The fourth-order valence-electron chi connectivity index (χ4n) is 1.45. The van der Waals surface area contributed by atoms with Gasteiger partial charge in [0, 0.05) is 16.0 Å². The predicted molar refractivity (Wildman–Crippen MR) is 83.6 cm³/mol. The standard InChI is InChI=1S/C13H11Br2N3O/c1-16-9-3-5-12(17-7-9)13(19)18-11-4-2-8(14)6-10(11)15/h2-7,16H,1H3,(H,18,19). The summed E-state index contributed by atoms with van der Waals surface area (Å²) in [6.45, 7) is 0. The molecule has 6 heteroatoms. The summed E-state index contributed by atoms with van der Waals surface area (Å²) < 4.78 is 1.75. The minimum atomic E-state index is -0.245. The SMILES string of the molecule is CNc1ccc(C(=O)Nc2ccc(Br)cc2Br)nc1. The molecule has 2 N–H and O–H groups in total. The third kappa shape index (κ3) is 3.54. The van der Waals surface area contributed by atoms with Gasteiger partial charge in [0.2, 0.25) is 0 Å². The maximum absolute atomic E-state index is 12.0. The molecule has 2 aromatic rings. The molecule has 1 aromatic carbocycles. The normalized spacial score (nSPS) is 10.1. The van der Waals surface area contributed by atoms with Crippen LogP contribution in [0, 0.1) is 0 Å². The van der Waals surface area contributed by atoms with Crippen molar-refractivity contribution in [2.75, 3.05) is 17.7 Å². The number of hydrogen-bond acceptors (Lipinski definition) is 3. The number of carbonyl (C=O) groups excluding carboxylic acids is 1. The third-order valence-corrected chi connectivity index (χ3v) is 3.61. The lowest BCUT2D eigenvalue weighted by Crippen LogP contribution is -2.14. The Morgan fingerprint density at radius 3 is 2.58 bits per heavy atom. The van der Waals surface area contributed by atoms with Crippen molar-refractivity contribution in [1.29, 1.82) is 0 Å². The van der Waals surface area contributed by atoms with Gasteiger partial charge in [-0.1, -0.05) is 15.9 Å². The molecule has 0 atom stereocenters. The largest absolute Gasteiger partial charge is 0.387 e. The quantitative estimate of drug-likeness (QED) is 0.843. The smallest absolute Gasteiger partial charge is 0.274 e. The van der Waals surface area contributed by atoms with Crippen LogP contribution in [-0.4, -0.2) is 17.9 Å². The van der Waals surface area contributed by atoms with Gasteiger partial charge in [0.1, 0.15) is 5.69 Å². The van der Waals surface area contributed by atoms with E-state index in [4.69, 9.17) is 0 Å². The molecular weight excluding hydrogens is 374 g/mol. The van der Waals surface area contributed by atoms with Crippen LogP contribution in [0.3, 0.4) is 0 Å². The topological polar surface area (TPSA) is 54.0 Å². The van der Waals surface area contributed by atoms with Crippen LogP contribution in [0.4, 0.5) is 11.4 Å². The number of nitrogens with zero attached hydrogens (tertiary/aromatic N) is 1. The van der Waals surface area contributed by atoms with Crippen LogP contribution < -0.4 is 10.6 Å². The molecule has 0 radical (unpaired) electrons. The van der Waals surface area contributed by atoms with Gasteiger partial charge in [-0.25, -0.2) is 4.98 Å². The lowest BCUT2D eigenvalue weighted by Gasteiger charge is -2.07. The molecule has 1 aromatic heterocycles. The molecule has 0 aliphatic heterocycles. The minimum Gasteiger partial charge on any atom is -0.387 e. The second kappa shape index (κ2) is 6.16. The number of benzene rings is 1. The minimum absolute atomic E-state index is 0.245. The fraction of sp³-hybridized carbons (Fsp3) is 0.0769. The van der Waals surface area contributed by atoms with Gasteiger partial charge < -0.3 is 10.6 Å². The van der Waals surface area contributed by atoms with Crippen molar-refractivity contribution >= 4 is 49.1 Å². The number of carbonyl (C=O) groups is 1. The number of aromatic nitrogens is 1. The average Bonchev–Trinajstić information content (AvgIpc) is 2.42. The third-order valence-electron chi connectivity index (χ3n) is 2.46. The molecule has 0 spiro atoms. The van der Waals surface area contributed by atoms with E-state index in [2.05, 4.69) is 47.5 Å². The Hall–Kier alpha value is -1.40. The zero-order chi connectivity index (χ0) is 13.8. The Balaban J connectivity index is 2.15. The number of hydrogen-bond donors (Lipinski definition) is 2. The van der Waals surface area contributed by atoms with Crippen LogP contribution in [-0.2, 0) is 0 Å². The van der Waals surface area contributed by atoms with Crippen molar-refractivity contribution in [3.05, 3.63) is 51.2 Å². The summed E-state index contributed by atoms with van der Waals surface area (Å²) in [5.41, 5.74) is 1.93. The highest BCUT2D eigenvalue weighted by Crippen LogP contribution is 2.26. The predicted octanol–water partition coefficient (Wildman–Crippen LogP) is 3.90. The molecule has 4 nitrogen and oxygen atoms in total. The highest BCUT2D eigenvalue weighted by atomic mass is 79.9. The molecule has 98 valence electrons. The van der Waals surface area contributed by atoms with Crippen LogP contribution in [0.25, 0.3) is 0 Å². The van der Waals surface area contributed by atoms with E-state index >= 15 is 0 Å². The van der Waals surface area contributed by atoms with E-state index in [-0.39, 0.29) is 5.91 Å². The zero-order valence-corrected chi connectivity index (χ0v) is 13.2. The van der Waals surface area contributed by atoms with Crippen LogP contribution in [0.1, 0.15) is 10.5 Å². The monoisotopic (exact) mass is 383 g/mol. The van der Waals surface area contributed by atoms with Crippen molar-refractivity contribution in [3.8, 4) is 0 Å². The molecular formula is C13H11Br2N3O. The first-order valence-electron chi connectivity index (χ1n) is 5.50. The number of pyridine rings is 1. The van der Waals surface area contributed by atoms with Crippen LogP contribution in [0.15, 0.2) is 45.5 Å². The number of rotatable bonds is 3. The first kappa shape index (κ1) is 14.0. The molecule has 0 saturated carbocycles. The lowest BCUT2D eigenvalue weighted by molar-refractivity contribution is 0.102. The summed E-state index contributed by atoms with van der Waals surface area (Å²) >= 11 is 6.76. The fourth-order valence-corrected chi connectivity index (χ4v) is 2.60. The van der Waals surface area contributed by atoms with Gasteiger partial charge in [-0.3, -0.25) is 4.79 Å². The molecule has 1 amide bonds. The number of amides is 1. The summed E-state index contributed by atoms with van der Waals surface area (Å²) in [5.74, 6) is -0.245. The molecule has 19 heavy (non-hydrogen) atoms.